The molecule has 0 bridgehead atoms. The van der Waals surface area contributed by atoms with Crippen molar-refractivity contribution in [3.63, 3.8) is 0 Å². The maximum absolute atomic E-state index is 5.37. The van der Waals surface area contributed by atoms with E-state index in [-0.39, 0.29) is 0 Å². The number of aromatic nitrogens is 1. The third kappa shape index (κ3) is 1.95. The molecule has 1 fully saturated rings. The van der Waals surface area contributed by atoms with E-state index in [9.17, 15) is 0 Å². The molecule has 72 valence electrons. The Morgan fingerprint density at radius 2 is 2.23 bits per heavy atom. The van der Waals surface area contributed by atoms with Gasteiger partial charge in [-0.25, -0.2) is 4.98 Å². The molecule has 13 heavy (non-hydrogen) atoms. The van der Waals surface area contributed by atoms with Gasteiger partial charge in [0.25, 0.3) is 0 Å². The summed E-state index contributed by atoms with van der Waals surface area (Å²) in [5, 5.41) is 0. The van der Waals surface area contributed by atoms with Crippen LogP contribution in [0.2, 0.25) is 0 Å². The second-order valence-corrected chi connectivity index (χ2v) is 5.96. The third-order valence-electron chi connectivity index (χ3n) is 2.67. The lowest BCUT2D eigenvalue weighted by molar-refractivity contribution is 0.0575. The first-order valence-corrected chi connectivity index (χ1v) is 6.01. The molecule has 0 saturated carbocycles. The van der Waals surface area contributed by atoms with Gasteiger partial charge >= 0.3 is 0 Å². The number of rotatable bonds is 1. The minimum atomic E-state index is 0.294. The van der Waals surface area contributed by atoms with E-state index in [1.54, 1.807) is 11.3 Å². The van der Waals surface area contributed by atoms with E-state index in [4.69, 9.17) is 4.74 Å². The van der Waals surface area contributed by atoms with Crippen LogP contribution in [0, 0.1) is 0 Å². The number of thiazole rings is 1. The molecule has 1 saturated heterocycles. The Kier molecular flexibility index (Phi) is 2.72. The highest BCUT2D eigenvalue weighted by atomic mass is 79.9. The normalized spacial score (nSPS) is 21.7. The van der Waals surface area contributed by atoms with Crippen molar-refractivity contribution >= 4 is 27.3 Å². The quantitative estimate of drug-likeness (QED) is 0.776. The Morgan fingerprint density at radius 3 is 2.77 bits per heavy atom. The maximum Gasteiger partial charge on any atom is 0.159 e. The topological polar surface area (TPSA) is 22.1 Å². The van der Waals surface area contributed by atoms with Crippen LogP contribution in [-0.4, -0.2) is 18.2 Å². The number of hydrogen-bond donors (Lipinski definition) is 0. The van der Waals surface area contributed by atoms with Crippen LogP contribution in [0.5, 0.6) is 0 Å². The van der Waals surface area contributed by atoms with Gasteiger partial charge in [0.1, 0.15) is 0 Å². The van der Waals surface area contributed by atoms with E-state index >= 15 is 0 Å². The van der Waals surface area contributed by atoms with Gasteiger partial charge in [0.15, 0.2) is 3.92 Å². The van der Waals surface area contributed by atoms with Gasteiger partial charge < -0.3 is 4.74 Å². The van der Waals surface area contributed by atoms with Crippen molar-refractivity contribution in [2.45, 2.75) is 25.2 Å². The van der Waals surface area contributed by atoms with Gasteiger partial charge in [-0.15, -0.1) is 11.3 Å². The first-order valence-electron chi connectivity index (χ1n) is 4.40. The zero-order valence-electron chi connectivity index (χ0n) is 7.55. The molecular weight excluding hydrogens is 250 g/mol. The molecule has 4 heteroatoms. The van der Waals surface area contributed by atoms with E-state index in [0.717, 1.165) is 30.0 Å². The average Bonchev–Trinajstić information content (AvgIpc) is 2.54. The zero-order valence-corrected chi connectivity index (χ0v) is 9.95. The van der Waals surface area contributed by atoms with Gasteiger partial charge in [-0.1, -0.05) is 6.92 Å². The summed E-state index contributed by atoms with van der Waals surface area (Å²) in [5.74, 6) is 0. The van der Waals surface area contributed by atoms with Crippen LogP contribution in [0.4, 0.5) is 0 Å². The Balaban J connectivity index is 2.22. The lowest BCUT2D eigenvalue weighted by atomic mass is 9.81. The van der Waals surface area contributed by atoms with Crippen molar-refractivity contribution in [2.24, 2.45) is 0 Å². The summed E-state index contributed by atoms with van der Waals surface area (Å²) in [7, 11) is 0. The Hall–Kier alpha value is 0.0700. The predicted octanol–water partition coefficient (Wildman–Crippen LogP) is 2.97. The molecule has 1 aromatic rings. The highest BCUT2D eigenvalue weighted by Crippen LogP contribution is 2.38. The smallest absolute Gasteiger partial charge is 0.159 e. The van der Waals surface area contributed by atoms with E-state index in [1.807, 2.05) is 6.20 Å². The van der Waals surface area contributed by atoms with Gasteiger partial charge in [0.05, 0.1) is 0 Å². The molecule has 0 aliphatic carbocycles. The second kappa shape index (κ2) is 3.67. The minimum Gasteiger partial charge on any atom is -0.381 e. The molecule has 0 unspecified atom stereocenters. The molecule has 2 rings (SSSR count). The van der Waals surface area contributed by atoms with E-state index in [1.165, 1.54) is 4.88 Å². The van der Waals surface area contributed by atoms with Crippen molar-refractivity contribution in [1.29, 1.82) is 0 Å². The molecule has 1 aromatic heterocycles. The highest BCUT2D eigenvalue weighted by molar-refractivity contribution is 9.11. The SMILES string of the molecule is CC1(c2cnc(Br)s2)CCOCC1. The third-order valence-corrected chi connectivity index (χ3v) is 4.45. The zero-order chi connectivity index (χ0) is 9.31. The van der Waals surface area contributed by atoms with E-state index in [2.05, 4.69) is 27.8 Å². The summed E-state index contributed by atoms with van der Waals surface area (Å²) in [6.07, 6.45) is 4.21. The van der Waals surface area contributed by atoms with Crippen LogP contribution in [0.15, 0.2) is 10.1 Å². The fraction of sp³-hybridized carbons (Fsp3) is 0.667. The minimum absolute atomic E-state index is 0.294. The summed E-state index contributed by atoms with van der Waals surface area (Å²) in [6, 6.07) is 0. The molecular formula is C9H12BrNOS. The summed E-state index contributed by atoms with van der Waals surface area (Å²) < 4.78 is 6.35. The standard InChI is InChI=1S/C9H12BrNOS/c1-9(2-4-12-5-3-9)7-6-11-8(10)13-7/h6H,2-5H2,1H3. The molecule has 0 amide bonds. The van der Waals surface area contributed by atoms with Crippen molar-refractivity contribution in [3.05, 3.63) is 15.0 Å². The van der Waals surface area contributed by atoms with E-state index in [0.29, 0.717) is 5.41 Å². The summed E-state index contributed by atoms with van der Waals surface area (Å²) in [6.45, 7) is 4.06. The number of hydrogen-bond acceptors (Lipinski definition) is 3. The lowest BCUT2D eigenvalue weighted by Crippen LogP contribution is -2.29. The predicted molar refractivity (Wildman–Crippen MR) is 57.2 cm³/mol. The first kappa shape index (κ1) is 9.62. The van der Waals surface area contributed by atoms with Gasteiger partial charge in [0.2, 0.25) is 0 Å². The largest absolute Gasteiger partial charge is 0.381 e. The van der Waals surface area contributed by atoms with Crippen LogP contribution in [-0.2, 0) is 10.2 Å². The monoisotopic (exact) mass is 261 g/mol. The molecule has 0 spiro atoms. The van der Waals surface area contributed by atoms with Gasteiger partial charge in [-0.05, 0) is 28.8 Å². The van der Waals surface area contributed by atoms with Crippen LogP contribution in [0.25, 0.3) is 0 Å². The summed E-state index contributed by atoms with van der Waals surface area (Å²) in [4.78, 5) is 5.61. The molecule has 0 N–H and O–H groups in total. The fourth-order valence-corrected chi connectivity index (χ4v) is 3.07. The van der Waals surface area contributed by atoms with Gasteiger partial charge in [-0.2, -0.15) is 0 Å². The summed E-state index contributed by atoms with van der Waals surface area (Å²) >= 11 is 5.14. The van der Waals surface area contributed by atoms with Gasteiger partial charge in [-0.3, -0.25) is 0 Å². The van der Waals surface area contributed by atoms with Gasteiger partial charge in [0, 0.05) is 29.7 Å². The molecule has 0 aromatic carbocycles. The average molecular weight is 262 g/mol. The number of nitrogens with zero attached hydrogens (tertiary/aromatic N) is 1. The maximum atomic E-state index is 5.37. The number of ether oxygens (including phenoxy) is 1. The molecule has 0 atom stereocenters. The molecule has 1 aliphatic heterocycles. The van der Waals surface area contributed by atoms with Crippen LogP contribution in [0.3, 0.4) is 0 Å². The van der Waals surface area contributed by atoms with Crippen molar-refractivity contribution in [1.82, 2.24) is 4.98 Å². The molecule has 2 nitrogen and oxygen atoms in total. The highest BCUT2D eigenvalue weighted by Gasteiger charge is 2.31. The van der Waals surface area contributed by atoms with Crippen molar-refractivity contribution < 1.29 is 4.74 Å². The molecule has 1 aliphatic rings. The Bertz CT molecular complexity index is 294. The Morgan fingerprint density at radius 1 is 1.54 bits per heavy atom. The molecule has 0 radical (unpaired) electrons. The van der Waals surface area contributed by atoms with E-state index < -0.39 is 0 Å². The number of halogens is 1. The Labute approximate surface area is 90.5 Å². The summed E-state index contributed by atoms with van der Waals surface area (Å²) in [5.41, 5.74) is 0.294. The fourth-order valence-electron chi connectivity index (χ4n) is 1.60. The van der Waals surface area contributed by atoms with Crippen molar-refractivity contribution in [3.8, 4) is 0 Å². The lowest BCUT2D eigenvalue weighted by Gasteiger charge is -2.32. The van der Waals surface area contributed by atoms with Crippen LogP contribution in [0.1, 0.15) is 24.6 Å². The van der Waals surface area contributed by atoms with Crippen LogP contribution < -0.4 is 0 Å². The second-order valence-electron chi connectivity index (χ2n) is 3.65. The first-order chi connectivity index (χ1) is 6.21. The van der Waals surface area contributed by atoms with Crippen molar-refractivity contribution in [2.75, 3.05) is 13.2 Å². The molecule has 2 heterocycles. The van der Waals surface area contributed by atoms with Crippen LogP contribution >= 0.6 is 27.3 Å².